The molecule has 0 radical (unpaired) electrons. The monoisotopic (exact) mass is 390 g/mol. The van der Waals surface area contributed by atoms with E-state index in [1.807, 2.05) is 5.38 Å². The molecule has 2 aliphatic heterocycles. The van der Waals surface area contributed by atoms with Gasteiger partial charge in [0.1, 0.15) is 9.71 Å². The molecule has 23 heavy (non-hydrogen) atoms. The first-order chi connectivity index (χ1) is 11.0. The molecule has 0 spiro atoms. The van der Waals surface area contributed by atoms with Crippen LogP contribution in [0.5, 0.6) is 0 Å². The third-order valence-corrected chi connectivity index (χ3v) is 8.31. The lowest BCUT2D eigenvalue weighted by atomic mass is 9.92. The standard InChI is InChI=1S/C13H14N2O4S4/c1-6(16)7-9(17)15-8(11(18)19)12(23-10(7)15)20-4-5-22-13-14-2-3-21-13/h2-3,6-7,10,16H,4-5H2,1H3,(H,18,19)/t6?,7-,10+/m0/s1. The summed E-state index contributed by atoms with van der Waals surface area (Å²) < 4.78 is 1.64. The van der Waals surface area contributed by atoms with E-state index in [4.69, 9.17) is 0 Å². The average Bonchev–Trinajstić information content (AvgIpc) is 3.09. The van der Waals surface area contributed by atoms with Crippen LogP contribution in [0.1, 0.15) is 6.92 Å². The van der Waals surface area contributed by atoms with Crippen LogP contribution >= 0.6 is 46.6 Å². The van der Waals surface area contributed by atoms with Gasteiger partial charge in [-0.05, 0) is 6.92 Å². The predicted octanol–water partition coefficient (Wildman–Crippen LogP) is 2.13. The van der Waals surface area contributed by atoms with Gasteiger partial charge in [-0.2, -0.15) is 0 Å². The number of aromatic nitrogens is 1. The highest BCUT2D eigenvalue weighted by molar-refractivity contribution is 8.23. The summed E-state index contributed by atoms with van der Waals surface area (Å²) in [5.41, 5.74) is 0.0612. The maximum Gasteiger partial charge on any atom is 0.354 e. The van der Waals surface area contributed by atoms with Crippen LogP contribution in [0, 0.1) is 5.92 Å². The van der Waals surface area contributed by atoms with Gasteiger partial charge < -0.3 is 10.2 Å². The van der Waals surface area contributed by atoms with Crippen molar-refractivity contribution >= 4 is 58.5 Å². The summed E-state index contributed by atoms with van der Waals surface area (Å²) in [6.07, 6.45) is 0.987. The van der Waals surface area contributed by atoms with E-state index in [0.29, 0.717) is 4.24 Å². The SMILES string of the molecule is CC(O)[C@H]1C(=O)N2C(C(=O)O)=C(SCCSc3nccs3)S[C@H]12. The zero-order chi connectivity index (χ0) is 16.6. The van der Waals surface area contributed by atoms with Crippen molar-refractivity contribution in [1.82, 2.24) is 9.88 Å². The molecule has 124 valence electrons. The molecule has 0 bridgehead atoms. The van der Waals surface area contributed by atoms with Gasteiger partial charge in [0.15, 0.2) is 5.70 Å². The number of thioether (sulfide) groups is 3. The van der Waals surface area contributed by atoms with Gasteiger partial charge in [0.05, 0.1) is 16.3 Å². The summed E-state index contributed by atoms with van der Waals surface area (Å²) in [7, 11) is 0. The van der Waals surface area contributed by atoms with E-state index in [-0.39, 0.29) is 17.0 Å². The van der Waals surface area contributed by atoms with Crippen molar-refractivity contribution in [2.45, 2.75) is 22.7 Å². The van der Waals surface area contributed by atoms with Crippen molar-refractivity contribution in [2.24, 2.45) is 5.92 Å². The first kappa shape index (κ1) is 17.2. The number of hydrogen-bond donors (Lipinski definition) is 2. The van der Waals surface area contributed by atoms with Crippen molar-refractivity contribution < 1.29 is 19.8 Å². The lowest BCUT2D eigenvalue weighted by Gasteiger charge is -2.43. The van der Waals surface area contributed by atoms with Gasteiger partial charge in [-0.1, -0.05) is 23.5 Å². The molecule has 3 atom stereocenters. The van der Waals surface area contributed by atoms with E-state index < -0.39 is 18.0 Å². The van der Waals surface area contributed by atoms with E-state index in [1.165, 1.54) is 28.4 Å². The fraction of sp³-hybridized carbons (Fsp3) is 0.462. The molecule has 3 heterocycles. The number of aliphatic hydroxyl groups excluding tert-OH is 1. The van der Waals surface area contributed by atoms with Crippen molar-refractivity contribution in [1.29, 1.82) is 0 Å². The first-order valence-electron chi connectivity index (χ1n) is 6.81. The third-order valence-electron chi connectivity index (χ3n) is 3.42. The number of carbonyl (C=O) groups excluding carboxylic acids is 1. The second kappa shape index (κ2) is 7.06. The van der Waals surface area contributed by atoms with E-state index in [2.05, 4.69) is 4.98 Å². The van der Waals surface area contributed by atoms with Crippen LogP contribution in [0.15, 0.2) is 25.9 Å². The molecule has 1 aromatic heterocycles. The van der Waals surface area contributed by atoms with Crippen LogP contribution < -0.4 is 0 Å². The van der Waals surface area contributed by atoms with Crippen LogP contribution in [0.2, 0.25) is 0 Å². The molecule has 1 fully saturated rings. The fourth-order valence-electron chi connectivity index (χ4n) is 2.40. The Hall–Kier alpha value is -0.680. The number of rotatable bonds is 7. The van der Waals surface area contributed by atoms with Crippen LogP contribution in [-0.4, -0.2) is 55.0 Å². The van der Waals surface area contributed by atoms with Crippen molar-refractivity contribution in [3.63, 3.8) is 0 Å². The highest BCUT2D eigenvalue weighted by Crippen LogP contribution is 2.53. The lowest BCUT2D eigenvalue weighted by Crippen LogP contribution is -2.60. The summed E-state index contributed by atoms with van der Waals surface area (Å²) in [5.74, 6) is -0.363. The average molecular weight is 391 g/mol. The Morgan fingerprint density at radius 2 is 2.22 bits per heavy atom. The van der Waals surface area contributed by atoms with Gasteiger partial charge in [0.25, 0.3) is 0 Å². The highest BCUT2D eigenvalue weighted by Gasteiger charge is 2.57. The van der Waals surface area contributed by atoms with Gasteiger partial charge in [-0.15, -0.1) is 23.1 Å². The number of fused-ring (bicyclic) bond motifs is 1. The smallest absolute Gasteiger partial charge is 0.354 e. The Labute approximate surface area is 149 Å². The van der Waals surface area contributed by atoms with Gasteiger partial charge in [-0.3, -0.25) is 9.69 Å². The number of amides is 1. The number of aliphatic hydroxyl groups is 1. The normalized spacial score (nSPS) is 24.6. The molecule has 2 N–H and O–H groups in total. The van der Waals surface area contributed by atoms with Crippen LogP contribution in [0.25, 0.3) is 0 Å². The topological polar surface area (TPSA) is 90.7 Å². The Kier molecular flexibility index (Phi) is 5.26. The minimum Gasteiger partial charge on any atom is -0.477 e. The van der Waals surface area contributed by atoms with Gasteiger partial charge in [-0.25, -0.2) is 9.78 Å². The van der Waals surface area contributed by atoms with Crippen molar-refractivity contribution in [3.8, 4) is 0 Å². The van der Waals surface area contributed by atoms with Crippen LogP contribution in [0.4, 0.5) is 0 Å². The number of carboxylic acid groups (broad SMARTS) is 1. The molecule has 1 saturated heterocycles. The lowest BCUT2D eigenvalue weighted by molar-refractivity contribution is -0.156. The zero-order valence-corrected chi connectivity index (χ0v) is 15.3. The Balaban J connectivity index is 1.61. The van der Waals surface area contributed by atoms with Gasteiger partial charge in [0.2, 0.25) is 5.91 Å². The Morgan fingerprint density at radius 1 is 1.48 bits per heavy atom. The van der Waals surface area contributed by atoms with Crippen LogP contribution in [0.3, 0.4) is 0 Å². The summed E-state index contributed by atoms with van der Waals surface area (Å²) in [6, 6.07) is 0. The fourth-order valence-corrected chi connectivity index (χ4v) is 7.07. The number of aliphatic carboxylic acids is 1. The molecule has 1 amide bonds. The summed E-state index contributed by atoms with van der Waals surface area (Å²) in [5, 5.41) is 20.7. The molecule has 1 aromatic rings. The molecule has 6 nitrogen and oxygen atoms in total. The Bertz CT molecular complexity index is 646. The maximum absolute atomic E-state index is 12.1. The molecule has 2 aliphatic rings. The number of thiazole rings is 1. The molecule has 0 saturated carbocycles. The molecule has 3 rings (SSSR count). The molecule has 0 aliphatic carbocycles. The molecule has 0 aromatic carbocycles. The van der Waals surface area contributed by atoms with E-state index in [0.717, 1.165) is 15.8 Å². The first-order valence-corrected chi connectivity index (χ1v) is 10.5. The minimum atomic E-state index is -1.09. The van der Waals surface area contributed by atoms with Gasteiger partial charge >= 0.3 is 5.97 Å². The number of β-lactam (4-membered cyclic amide) rings is 1. The summed E-state index contributed by atoms with van der Waals surface area (Å²) >= 11 is 6.02. The third kappa shape index (κ3) is 3.27. The molecule has 10 heteroatoms. The van der Waals surface area contributed by atoms with E-state index >= 15 is 0 Å². The zero-order valence-electron chi connectivity index (χ0n) is 12.0. The molecular formula is C13H14N2O4S4. The second-order valence-corrected chi connectivity index (χ2v) is 9.65. The Morgan fingerprint density at radius 3 is 2.83 bits per heavy atom. The number of nitrogens with zero attached hydrogens (tertiary/aromatic N) is 2. The van der Waals surface area contributed by atoms with Gasteiger partial charge in [0, 0.05) is 23.1 Å². The molecular weight excluding hydrogens is 376 g/mol. The van der Waals surface area contributed by atoms with Crippen molar-refractivity contribution in [2.75, 3.05) is 11.5 Å². The van der Waals surface area contributed by atoms with E-state index in [9.17, 15) is 19.8 Å². The minimum absolute atomic E-state index is 0.0612. The maximum atomic E-state index is 12.1. The van der Waals surface area contributed by atoms with Crippen molar-refractivity contribution in [3.05, 3.63) is 21.5 Å². The summed E-state index contributed by atoms with van der Waals surface area (Å²) in [6.45, 7) is 1.57. The highest BCUT2D eigenvalue weighted by atomic mass is 32.2. The predicted molar refractivity (Wildman–Crippen MR) is 93.4 cm³/mol. The number of carbonyl (C=O) groups is 2. The summed E-state index contributed by atoms with van der Waals surface area (Å²) in [4.78, 5) is 29.0. The second-order valence-electron chi connectivity index (χ2n) is 4.92. The molecule has 1 unspecified atom stereocenters. The quantitative estimate of drug-likeness (QED) is 0.416. The van der Waals surface area contributed by atoms with Crippen LogP contribution in [-0.2, 0) is 9.59 Å². The van der Waals surface area contributed by atoms with E-state index in [1.54, 1.807) is 36.2 Å². The number of hydrogen-bond acceptors (Lipinski definition) is 8. The largest absolute Gasteiger partial charge is 0.477 e. The number of carboxylic acids is 1.